The van der Waals surface area contributed by atoms with E-state index >= 15 is 0 Å². The smallest absolute Gasteiger partial charge is 0.253 e. The van der Waals surface area contributed by atoms with Crippen molar-refractivity contribution in [1.82, 2.24) is 5.32 Å². The summed E-state index contributed by atoms with van der Waals surface area (Å²) in [5.74, 6) is 0.611. The highest BCUT2D eigenvalue weighted by Crippen LogP contribution is 2.26. The molecule has 0 aliphatic rings. The van der Waals surface area contributed by atoms with Crippen LogP contribution in [0.5, 0.6) is 5.75 Å². The van der Waals surface area contributed by atoms with Crippen LogP contribution in [-0.2, 0) is 6.54 Å². The zero-order valence-electron chi connectivity index (χ0n) is 11.9. The molecule has 1 amide bonds. The van der Waals surface area contributed by atoms with E-state index in [1.54, 1.807) is 36.6 Å². The van der Waals surface area contributed by atoms with Crippen molar-refractivity contribution in [2.45, 2.75) is 6.54 Å². The van der Waals surface area contributed by atoms with E-state index in [1.165, 1.54) is 0 Å². The molecule has 22 heavy (non-hydrogen) atoms. The number of benzene rings is 2. The van der Waals surface area contributed by atoms with Crippen LogP contribution in [-0.4, -0.2) is 13.0 Å². The van der Waals surface area contributed by atoms with Crippen LogP contribution in [0.1, 0.15) is 15.9 Å². The van der Waals surface area contributed by atoms with Crippen molar-refractivity contribution in [1.29, 1.82) is 0 Å². The molecular formula is C17H14ClNO2S. The van der Waals surface area contributed by atoms with Crippen molar-refractivity contribution in [3.63, 3.8) is 0 Å². The van der Waals surface area contributed by atoms with Crippen LogP contribution in [0.4, 0.5) is 0 Å². The number of carbonyl (C=O) groups is 1. The SMILES string of the molecule is COc1ccc(Cl)cc1CNC(=O)c1csc2ccccc12. The van der Waals surface area contributed by atoms with Crippen LogP contribution >= 0.6 is 22.9 Å². The van der Waals surface area contributed by atoms with E-state index in [9.17, 15) is 4.79 Å². The molecule has 0 aliphatic carbocycles. The Kier molecular flexibility index (Phi) is 4.32. The first-order valence-electron chi connectivity index (χ1n) is 6.76. The summed E-state index contributed by atoms with van der Waals surface area (Å²) in [6.07, 6.45) is 0. The molecule has 0 saturated carbocycles. The van der Waals surface area contributed by atoms with Crippen LogP contribution in [0, 0.1) is 0 Å². The van der Waals surface area contributed by atoms with Gasteiger partial charge in [-0.1, -0.05) is 29.8 Å². The lowest BCUT2D eigenvalue weighted by atomic mass is 10.1. The third-order valence-corrected chi connectivity index (χ3v) is 4.61. The molecule has 0 radical (unpaired) electrons. The van der Waals surface area contributed by atoms with Gasteiger partial charge in [0.05, 0.1) is 12.7 Å². The average Bonchev–Trinajstić information content (AvgIpc) is 2.97. The fourth-order valence-corrected chi connectivity index (χ4v) is 3.45. The highest BCUT2D eigenvalue weighted by molar-refractivity contribution is 7.17. The second kappa shape index (κ2) is 6.38. The van der Waals surface area contributed by atoms with Crippen LogP contribution in [0.15, 0.2) is 47.8 Å². The first-order chi connectivity index (χ1) is 10.7. The highest BCUT2D eigenvalue weighted by Gasteiger charge is 2.12. The first kappa shape index (κ1) is 14.9. The Balaban J connectivity index is 1.79. The molecule has 112 valence electrons. The molecule has 3 aromatic rings. The minimum atomic E-state index is -0.0977. The average molecular weight is 332 g/mol. The topological polar surface area (TPSA) is 38.3 Å². The minimum Gasteiger partial charge on any atom is -0.496 e. The van der Waals surface area contributed by atoms with Crippen LogP contribution in [0.3, 0.4) is 0 Å². The molecule has 0 saturated heterocycles. The molecule has 1 heterocycles. The number of amides is 1. The van der Waals surface area contributed by atoms with Crippen molar-refractivity contribution >= 4 is 38.9 Å². The highest BCUT2D eigenvalue weighted by atomic mass is 35.5. The van der Waals surface area contributed by atoms with Crippen LogP contribution < -0.4 is 10.1 Å². The molecule has 1 aromatic heterocycles. The summed E-state index contributed by atoms with van der Waals surface area (Å²) in [5.41, 5.74) is 1.55. The molecule has 5 heteroatoms. The van der Waals surface area contributed by atoms with E-state index in [4.69, 9.17) is 16.3 Å². The second-order valence-electron chi connectivity index (χ2n) is 4.78. The number of hydrogen-bond donors (Lipinski definition) is 1. The third kappa shape index (κ3) is 2.93. The number of hydrogen-bond acceptors (Lipinski definition) is 3. The number of nitrogens with one attached hydrogen (secondary N) is 1. The Labute approximate surface area is 137 Å². The van der Waals surface area contributed by atoms with Gasteiger partial charge in [0.25, 0.3) is 5.91 Å². The van der Waals surface area contributed by atoms with E-state index in [2.05, 4.69) is 5.32 Å². The largest absolute Gasteiger partial charge is 0.496 e. The van der Waals surface area contributed by atoms with Gasteiger partial charge >= 0.3 is 0 Å². The first-order valence-corrected chi connectivity index (χ1v) is 8.01. The number of fused-ring (bicyclic) bond motifs is 1. The van der Waals surface area contributed by atoms with Gasteiger partial charge in [0.1, 0.15) is 5.75 Å². The molecule has 0 unspecified atom stereocenters. The number of carbonyl (C=O) groups excluding carboxylic acids is 1. The van der Waals surface area contributed by atoms with Gasteiger partial charge in [-0.3, -0.25) is 4.79 Å². The normalized spacial score (nSPS) is 10.6. The maximum absolute atomic E-state index is 12.4. The monoisotopic (exact) mass is 331 g/mol. The molecular weight excluding hydrogens is 318 g/mol. The van der Waals surface area contributed by atoms with Crippen molar-refractivity contribution < 1.29 is 9.53 Å². The van der Waals surface area contributed by atoms with Crippen LogP contribution in [0.25, 0.3) is 10.1 Å². The van der Waals surface area contributed by atoms with Gasteiger partial charge in [-0.2, -0.15) is 0 Å². The lowest BCUT2D eigenvalue weighted by Gasteiger charge is -2.10. The molecule has 0 aliphatic heterocycles. The van der Waals surface area contributed by atoms with Gasteiger partial charge in [0, 0.05) is 32.6 Å². The lowest BCUT2D eigenvalue weighted by Crippen LogP contribution is -2.22. The van der Waals surface area contributed by atoms with Crippen molar-refractivity contribution in [2.24, 2.45) is 0 Å². The molecule has 1 N–H and O–H groups in total. The molecule has 3 nitrogen and oxygen atoms in total. The Bertz CT molecular complexity index is 828. The predicted octanol–water partition coefficient (Wildman–Crippen LogP) is 4.49. The van der Waals surface area contributed by atoms with Gasteiger partial charge in [-0.15, -0.1) is 11.3 Å². The predicted molar refractivity (Wildman–Crippen MR) is 91.0 cm³/mol. The maximum Gasteiger partial charge on any atom is 0.253 e. The van der Waals surface area contributed by atoms with E-state index in [1.807, 2.05) is 29.6 Å². The number of methoxy groups -OCH3 is 1. The molecule has 0 atom stereocenters. The summed E-state index contributed by atoms with van der Waals surface area (Å²) in [5, 5.41) is 6.40. The van der Waals surface area contributed by atoms with Gasteiger partial charge in [0.2, 0.25) is 0 Å². The van der Waals surface area contributed by atoms with Crippen LogP contribution in [0.2, 0.25) is 5.02 Å². The summed E-state index contributed by atoms with van der Waals surface area (Å²) >= 11 is 7.57. The fourth-order valence-electron chi connectivity index (χ4n) is 2.31. The Morgan fingerprint density at radius 3 is 2.91 bits per heavy atom. The second-order valence-corrected chi connectivity index (χ2v) is 6.13. The fraction of sp³-hybridized carbons (Fsp3) is 0.118. The molecule has 0 fully saturated rings. The summed E-state index contributed by atoms with van der Waals surface area (Å²) in [7, 11) is 1.60. The van der Waals surface area contributed by atoms with Crippen molar-refractivity contribution in [3.8, 4) is 5.75 Å². The zero-order chi connectivity index (χ0) is 15.5. The number of halogens is 1. The zero-order valence-corrected chi connectivity index (χ0v) is 13.5. The standard InChI is InChI=1S/C17H14ClNO2S/c1-21-15-7-6-12(18)8-11(15)9-19-17(20)14-10-22-16-5-3-2-4-13(14)16/h2-8,10H,9H2,1H3,(H,19,20). The molecule has 3 rings (SSSR count). The van der Waals surface area contributed by atoms with Gasteiger partial charge in [-0.25, -0.2) is 0 Å². The Hall–Kier alpha value is -2.04. The van der Waals surface area contributed by atoms with Crippen molar-refractivity contribution in [3.05, 3.63) is 64.0 Å². The number of rotatable bonds is 4. The minimum absolute atomic E-state index is 0.0977. The molecule has 2 aromatic carbocycles. The quantitative estimate of drug-likeness (QED) is 0.764. The van der Waals surface area contributed by atoms with E-state index in [-0.39, 0.29) is 5.91 Å². The Morgan fingerprint density at radius 1 is 1.27 bits per heavy atom. The van der Waals surface area contributed by atoms with Gasteiger partial charge in [-0.05, 0) is 24.3 Å². The summed E-state index contributed by atoms with van der Waals surface area (Å²) < 4.78 is 6.39. The lowest BCUT2D eigenvalue weighted by molar-refractivity contribution is 0.0952. The Morgan fingerprint density at radius 2 is 2.09 bits per heavy atom. The summed E-state index contributed by atoms with van der Waals surface area (Å²) in [6.45, 7) is 0.368. The third-order valence-electron chi connectivity index (χ3n) is 3.41. The molecule has 0 bridgehead atoms. The summed E-state index contributed by atoms with van der Waals surface area (Å²) in [6, 6.07) is 13.2. The molecule has 0 spiro atoms. The number of thiophene rings is 1. The van der Waals surface area contributed by atoms with E-state index in [0.29, 0.717) is 22.9 Å². The van der Waals surface area contributed by atoms with E-state index < -0.39 is 0 Å². The maximum atomic E-state index is 12.4. The number of ether oxygens (including phenoxy) is 1. The summed E-state index contributed by atoms with van der Waals surface area (Å²) in [4.78, 5) is 12.4. The van der Waals surface area contributed by atoms with E-state index in [0.717, 1.165) is 15.6 Å². The van der Waals surface area contributed by atoms with Crippen molar-refractivity contribution in [2.75, 3.05) is 7.11 Å². The van der Waals surface area contributed by atoms with Gasteiger partial charge in [0.15, 0.2) is 0 Å². The van der Waals surface area contributed by atoms with Gasteiger partial charge < -0.3 is 10.1 Å².